The third-order valence-corrected chi connectivity index (χ3v) is 3.85. The lowest BCUT2D eigenvalue weighted by molar-refractivity contribution is -0.383. The standard InChI is InChI=1S/C14H21N3O3/c1-15-12-7-3-8-13(14(12)17(19)20)16(9-4-10-18)11-5-2-6-11/h3,7-8,11,15,18H,2,4-6,9-10H2,1H3. The zero-order chi connectivity index (χ0) is 14.5. The Labute approximate surface area is 118 Å². The number of anilines is 2. The van der Waals surface area contributed by atoms with Crippen LogP contribution in [0.4, 0.5) is 17.1 Å². The molecule has 110 valence electrons. The maximum Gasteiger partial charge on any atom is 0.315 e. The average Bonchev–Trinajstić information content (AvgIpc) is 2.40. The highest BCUT2D eigenvalue weighted by Gasteiger charge is 2.30. The van der Waals surface area contributed by atoms with Gasteiger partial charge in [-0.15, -0.1) is 0 Å². The van der Waals surface area contributed by atoms with Crippen molar-refractivity contribution in [2.24, 2.45) is 0 Å². The third-order valence-electron chi connectivity index (χ3n) is 3.85. The Morgan fingerprint density at radius 2 is 2.25 bits per heavy atom. The average molecular weight is 279 g/mol. The minimum Gasteiger partial charge on any atom is -0.396 e. The summed E-state index contributed by atoms with van der Waals surface area (Å²) in [5.41, 5.74) is 1.31. The molecule has 1 aliphatic carbocycles. The van der Waals surface area contributed by atoms with Gasteiger partial charge >= 0.3 is 5.69 Å². The topological polar surface area (TPSA) is 78.6 Å². The molecule has 0 aromatic heterocycles. The van der Waals surface area contributed by atoms with Crippen molar-refractivity contribution in [3.05, 3.63) is 28.3 Å². The van der Waals surface area contributed by atoms with Crippen LogP contribution in [0.3, 0.4) is 0 Å². The second kappa shape index (κ2) is 6.56. The molecule has 0 heterocycles. The Bertz CT molecular complexity index is 475. The van der Waals surface area contributed by atoms with E-state index < -0.39 is 0 Å². The molecule has 1 aliphatic rings. The molecule has 1 aromatic rings. The Hall–Kier alpha value is -1.82. The molecule has 0 amide bonds. The van der Waals surface area contributed by atoms with E-state index in [1.54, 1.807) is 19.2 Å². The van der Waals surface area contributed by atoms with Crippen LogP contribution < -0.4 is 10.2 Å². The van der Waals surface area contributed by atoms with Gasteiger partial charge in [-0.2, -0.15) is 0 Å². The molecule has 0 spiro atoms. The first-order valence-corrected chi connectivity index (χ1v) is 7.01. The molecule has 1 fully saturated rings. The van der Waals surface area contributed by atoms with E-state index in [-0.39, 0.29) is 17.2 Å². The van der Waals surface area contributed by atoms with E-state index in [2.05, 4.69) is 10.2 Å². The van der Waals surface area contributed by atoms with Gasteiger partial charge in [0.1, 0.15) is 11.4 Å². The fourth-order valence-corrected chi connectivity index (χ4v) is 2.60. The number of para-hydroxylation sites is 1. The number of aliphatic hydroxyl groups is 1. The van der Waals surface area contributed by atoms with Crippen molar-refractivity contribution < 1.29 is 10.0 Å². The van der Waals surface area contributed by atoms with E-state index in [1.807, 2.05) is 6.07 Å². The molecule has 1 aromatic carbocycles. The first-order valence-electron chi connectivity index (χ1n) is 7.01. The Balaban J connectivity index is 2.38. The fourth-order valence-electron chi connectivity index (χ4n) is 2.60. The maximum atomic E-state index is 11.4. The van der Waals surface area contributed by atoms with E-state index >= 15 is 0 Å². The van der Waals surface area contributed by atoms with Gasteiger partial charge in [0.05, 0.1) is 4.92 Å². The highest BCUT2D eigenvalue weighted by Crippen LogP contribution is 2.39. The van der Waals surface area contributed by atoms with Crippen LogP contribution >= 0.6 is 0 Å². The Morgan fingerprint density at radius 3 is 2.75 bits per heavy atom. The number of nitrogens with zero attached hydrogens (tertiary/aromatic N) is 2. The second-order valence-corrected chi connectivity index (χ2v) is 5.04. The number of hydrogen-bond acceptors (Lipinski definition) is 5. The SMILES string of the molecule is CNc1cccc(N(CCCO)C2CCC2)c1[N+](=O)[O-]. The van der Waals surface area contributed by atoms with Crippen LogP contribution in [0.15, 0.2) is 18.2 Å². The van der Waals surface area contributed by atoms with E-state index in [0.29, 0.717) is 30.4 Å². The molecule has 2 rings (SSSR count). The van der Waals surface area contributed by atoms with Gasteiger partial charge in [-0.25, -0.2) is 0 Å². The van der Waals surface area contributed by atoms with Gasteiger partial charge in [0.25, 0.3) is 0 Å². The smallest absolute Gasteiger partial charge is 0.315 e. The van der Waals surface area contributed by atoms with E-state index in [9.17, 15) is 10.1 Å². The summed E-state index contributed by atoms with van der Waals surface area (Å²) in [6, 6.07) is 5.70. The van der Waals surface area contributed by atoms with Crippen molar-refractivity contribution in [1.29, 1.82) is 0 Å². The summed E-state index contributed by atoms with van der Waals surface area (Å²) < 4.78 is 0. The number of aliphatic hydroxyl groups excluding tert-OH is 1. The Morgan fingerprint density at radius 1 is 1.50 bits per heavy atom. The van der Waals surface area contributed by atoms with E-state index in [1.165, 1.54) is 6.42 Å². The van der Waals surface area contributed by atoms with Gasteiger partial charge in [0, 0.05) is 26.2 Å². The van der Waals surface area contributed by atoms with Gasteiger partial charge in [0.15, 0.2) is 0 Å². The Kier molecular flexibility index (Phi) is 4.79. The molecule has 0 bridgehead atoms. The molecule has 0 radical (unpaired) electrons. The molecular weight excluding hydrogens is 258 g/mol. The number of benzene rings is 1. The van der Waals surface area contributed by atoms with Crippen molar-refractivity contribution in [1.82, 2.24) is 0 Å². The molecule has 2 N–H and O–H groups in total. The predicted octanol–water partition coefficient (Wildman–Crippen LogP) is 2.38. The number of nitro benzene ring substituents is 1. The predicted molar refractivity (Wildman–Crippen MR) is 79.3 cm³/mol. The largest absolute Gasteiger partial charge is 0.396 e. The maximum absolute atomic E-state index is 11.4. The zero-order valence-corrected chi connectivity index (χ0v) is 11.7. The minimum absolute atomic E-state index is 0.0999. The van der Waals surface area contributed by atoms with E-state index in [4.69, 9.17) is 5.11 Å². The third kappa shape index (κ3) is 2.85. The highest BCUT2D eigenvalue weighted by atomic mass is 16.6. The first-order chi connectivity index (χ1) is 9.69. The molecule has 20 heavy (non-hydrogen) atoms. The van der Waals surface area contributed by atoms with Crippen molar-refractivity contribution in [2.75, 3.05) is 30.4 Å². The van der Waals surface area contributed by atoms with Gasteiger partial charge in [-0.05, 0) is 37.8 Å². The molecular formula is C14H21N3O3. The van der Waals surface area contributed by atoms with Crippen LogP contribution in [-0.4, -0.2) is 36.3 Å². The summed E-state index contributed by atoms with van der Waals surface area (Å²) in [5, 5.41) is 23.3. The quantitative estimate of drug-likeness (QED) is 0.592. The van der Waals surface area contributed by atoms with Crippen LogP contribution in [0.2, 0.25) is 0 Å². The first kappa shape index (κ1) is 14.6. The lowest BCUT2D eigenvalue weighted by Gasteiger charge is -2.39. The summed E-state index contributed by atoms with van der Waals surface area (Å²) in [6.45, 7) is 0.748. The summed E-state index contributed by atoms with van der Waals surface area (Å²) in [7, 11) is 1.69. The number of rotatable bonds is 7. The summed E-state index contributed by atoms with van der Waals surface area (Å²) in [4.78, 5) is 13.2. The summed E-state index contributed by atoms with van der Waals surface area (Å²) in [6.07, 6.45) is 3.91. The molecule has 0 unspecified atom stereocenters. The molecule has 0 atom stereocenters. The molecule has 0 saturated heterocycles. The normalized spacial score (nSPS) is 14.7. The highest BCUT2D eigenvalue weighted by molar-refractivity contribution is 5.77. The van der Waals surface area contributed by atoms with E-state index in [0.717, 1.165) is 12.8 Å². The summed E-state index contributed by atoms with van der Waals surface area (Å²) >= 11 is 0. The lowest BCUT2D eigenvalue weighted by Crippen LogP contribution is -2.41. The zero-order valence-electron chi connectivity index (χ0n) is 11.7. The van der Waals surface area contributed by atoms with Crippen molar-refractivity contribution in [3.8, 4) is 0 Å². The van der Waals surface area contributed by atoms with Crippen LogP contribution in [-0.2, 0) is 0 Å². The van der Waals surface area contributed by atoms with Gasteiger partial charge in [-0.1, -0.05) is 6.07 Å². The van der Waals surface area contributed by atoms with Crippen LogP contribution in [0.25, 0.3) is 0 Å². The van der Waals surface area contributed by atoms with Gasteiger partial charge in [0.2, 0.25) is 0 Å². The monoisotopic (exact) mass is 279 g/mol. The lowest BCUT2D eigenvalue weighted by atomic mass is 9.90. The number of nitrogens with one attached hydrogen (secondary N) is 1. The van der Waals surface area contributed by atoms with Crippen molar-refractivity contribution >= 4 is 17.1 Å². The van der Waals surface area contributed by atoms with Crippen LogP contribution in [0, 0.1) is 10.1 Å². The fraction of sp³-hybridized carbons (Fsp3) is 0.571. The van der Waals surface area contributed by atoms with Crippen molar-refractivity contribution in [3.63, 3.8) is 0 Å². The van der Waals surface area contributed by atoms with Gasteiger partial charge < -0.3 is 15.3 Å². The molecule has 6 nitrogen and oxygen atoms in total. The number of hydrogen-bond donors (Lipinski definition) is 2. The minimum atomic E-state index is -0.328. The molecule has 1 saturated carbocycles. The van der Waals surface area contributed by atoms with Crippen LogP contribution in [0.5, 0.6) is 0 Å². The van der Waals surface area contributed by atoms with Gasteiger partial charge in [-0.3, -0.25) is 10.1 Å². The van der Waals surface area contributed by atoms with Crippen molar-refractivity contribution in [2.45, 2.75) is 31.7 Å². The molecule has 0 aliphatic heterocycles. The molecule has 6 heteroatoms. The number of nitro groups is 1. The second-order valence-electron chi connectivity index (χ2n) is 5.04. The van der Waals surface area contributed by atoms with Crippen LogP contribution in [0.1, 0.15) is 25.7 Å². The summed E-state index contributed by atoms with van der Waals surface area (Å²) in [5.74, 6) is 0.